The Labute approximate surface area is 140 Å². The summed E-state index contributed by atoms with van der Waals surface area (Å²) in [6.07, 6.45) is 1.38. The molecule has 0 aliphatic rings. The van der Waals surface area contributed by atoms with E-state index in [1.165, 1.54) is 6.07 Å². The van der Waals surface area contributed by atoms with Crippen LogP contribution in [0.2, 0.25) is 5.02 Å². The third kappa shape index (κ3) is 6.97. The highest BCUT2D eigenvalue weighted by atomic mass is 35.5. The van der Waals surface area contributed by atoms with Crippen LogP contribution in [0.5, 0.6) is 0 Å². The standard InChI is InChI=1S/C16H22ClFN2O3/c1-10(2)7-11(5-6-21)9-19-15(22)16(23)20-14-8-12(18)3-4-13(14)17/h3-4,8,10-11,21H,5-7,9H2,1-2H3,(H,19,22)(H,20,23). The summed E-state index contributed by atoms with van der Waals surface area (Å²) in [6.45, 7) is 4.41. The van der Waals surface area contributed by atoms with Gasteiger partial charge in [0.15, 0.2) is 0 Å². The second kappa shape index (κ2) is 9.47. The van der Waals surface area contributed by atoms with Gasteiger partial charge in [-0.1, -0.05) is 25.4 Å². The number of nitrogens with one attached hydrogen (secondary N) is 2. The Morgan fingerprint density at radius 2 is 2.00 bits per heavy atom. The third-order valence-electron chi connectivity index (χ3n) is 3.28. The fraction of sp³-hybridized carbons (Fsp3) is 0.500. The number of amides is 2. The van der Waals surface area contributed by atoms with Gasteiger partial charge in [-0.3, -0.25) is 9.59 Å². The van der Waals surface area contributed by atoms with Crippen LogP contribution < -0.4 is 10.6 Å². The minimum Gasteiger partial charge on any atom is -0.396 e. The molecule has 0 aliphatic heterocycles. The molecule has 2 amide bonds. The molecule has 3 N–H and O–H groups in total. The summed E-state index contributed by atoms with van der Waals surface area (Å²) in [5, 5.41) is 14.0. The van der Waals surface area contributed by atoms with Gasteiger partial charge >= 0.3 is 11.8 Å². The normalized spacial score (nSPS) is 12.1. The van der Waals surface area contributed by atoms with Gasteiger partial charge in [0.25, 0.3) is 0 Å². The molecule has 1 rings (SSSR count). The molecule has 0 saturated carbocycles. The van der Waals surface area contributed by atoms with Crippen molar-refractivity contribution >= 4 is 29.1 Å². The SMILES string of the molecule is CC(C)CC(CCO)CNC(=O)C(=O)Nc1cc(F)ccc1Cl. The molecule has 1 unspecified atom stereocenters. The van der Waals surface area contributed by atoms with E-state index < -0.39 is 17.6 Å². The lowest BCUT2D eigenvalue weighted by Gasteiger charge is -2.18. The Hall–Kier alpha value is -1.66. The minimum atomic E-state index is -0.912. The van der Waals surface area contributed by atoms with Crippen LogP contribution in [-0.4, -0.2) is 30.1 Å². The van der Waals surface area contributed by atoms with Crippen LogP contribution in [0, 0.1) is 17.7 Å². The first-order chi connectivity index (χ1) is 10.8. The predicted molar refractivity (Wildman–Crippen MR) is 87.7 cm³/mol. The molecule has 128 valence electrons. The lowest BCUT2D eigenvalue weighted by Crippen LogP contribution is -2.38. The third-order valence-corrected chi connectivity index (χ3v) is 3.61. The average molecular weight is 345 g/mol. The number of anilines is 1. The van der Waals surface area contributed by atoms with Gasteiger partial charge in [-0.15, -0.1) is 0 Å². The highest BCUT2D eigenvalue weighted by Gasteiger charge is 2.18. The number of benzene rings is 1. The number of hydrogen-bond acceptors (Lipinski definition) is 3. The van der Waals surface area contributed by atoms with E-state index in [1.54, 1.807) is 0 Å². The summed E-state index contributed by atoms with van der Waals surface area (Å²) in [5.74, 6) is -1.79. The largest absolute Gasteiger partial charge is 0.396 e. The van der Waals surface area contributed by atoms with E-state index in [1.807, 2.05) is 13.8 Å². The van der Waals surface area contributed by atoms with Crippen LogP contribution in [-0.2, 0) is 9.59 Å². The van der Waals surface area contributed by atoms with E-state index in [0.717, 1.165) is 18.6 Å². The van der Waals surface area contributed by atoms with Gasteiger partial charge in [0.05, 0.1) is 10.7 Å². The highest BCUT2D eigenvalue weighted by Crippen LogP contribution is 2.22. The molecule has 0 fully saturated rings. The van der Waals surface area contributed by atoms with Crippen LogP contribution in [0.1, 0.15) is 26.7 Å². The molecule has 1 aromatic carbocycles. The van der Waals surface area contributed by atoms with Crippen LogP contribution in [0.3, 0.4) is 0 Å². The van der Waals surface area contributed by atoms with Gasteiger partial charge in [0.1, 0.15) is 5.82 Å². The predicted octanol–water partition coefficient (Wildman–Crippen LogP) is 2.58. The molecule has 0 bridgehead atoms. The van der Waals surface area contributed by atoms with Crippen molar-refractivity contribution in [1.29, 1.82) is 0 Å². The maximum Gasteiger partial charge on any atom is 0.313 e. The molecular weight excluding hydrogens is 323 g/mol. The number of aliphatic hydroxyl groups is 1. The molecule has 0 radical (unpaired) electrons. The fourth-order valence-electron chi connectivity index (χ4n) is 2.24. The summed E-state index contributed by atoms with van der Waals surface area (Å²) in [4.78, 5) is 23.6. The smallest absolute Gasteiger partial charge is 0.313 e. The Balaban J connectivity index is 2.56. The highest BCUT2D eigenvalue weighted by molar-refractivity contribution is 6.41. The van der Waals surface area contributed by atoms with Crippen molar-refractivity contribution in [3.8, 4) is 0 Å². The van der Waals surface area contributed by atoms with Crippen molar-refractivity contribution in [3.63, 3.8) is 0 Å². The van der Waals surface area contributed by atoms with Crippen LogP contribution in [0.25, 0.3) is 0 Å². The molecule has 1 atom stereocenters. The second-order valence-corrected chi connectivity index (χ2v) is 6.20. The van der Waals surface area contributed by atoms with Crippen molar-refractivity contribution in [2.45, 2.75) is 26.7 Å². The van der Waals surface area contributed by atoms with Gasteiger partial charge in [-0.25, -0.2) is 4.39 Å². The lowest BCUT2D eigenvalue weighted by atomic mass is 9.94. The molecule has 7 heteroatoms. The molecule has 0 saturated heterocycles. The van der Waals surface area contributed by atoms with E-state index >= 15 is 0 Å². The molecule has 23 heavy (non-hydrogen) atoms. The van der Waals surface area contributed by atoms with Crippen molar-refractivity contribution in [1.82, 2.24) is 5.32 Å². The van der Waals surface area contributed by atoms with E-state index in [2.05, 4.69) is 10.6 Å². The van der Waals surface area contributed by atoms with Crippen molar-refractivity contribution in [2.24, 2.45) is 11.8 Å². The van der Waals surface area contributed by atoms with Gasteiger partial charge in [0.2, 0.25) is 0 Å². The van der Waals surface area contributed by atoms with E-state index in [4.69, 9.17) is 16.7 Å². The Bertz CT molecular complexity index is 552. The van der Waals surface area contributed by atoms with Gasteiger partial charge < -0.3 is 15.7 Å². The van der Waals surface area contributed by atoms with Gasteiger partial charge in [-0.2, -0.15) is 0 Å². The zero-order valence-corrected chi connectivity index (χ0v) is 14.0. The first-order valence-corrected chi connectivity index (χ1v) is 7.86. The molecule has 0 aromatic heterocycles. The topological polar surface area (TPSA) is 78.4 Å². The maximum absolute atomic E-state index is 13.1. The van der Waals surface area contributed by atoms with Crippen molar-refractivity contribution in [3.05, 3.63) is 29.0 Å². The Morgan fingerprint density at radius 1 is 1.30 bits per heavy atom. The van der Waals surface area contributed by atoms with Gasteiger partial charge in [-0.05, 0) is 42.9 Å². The quantitative estimate of drug-likeness (QED) is 0.665. The zero-order chi connectivity index (χ0) is 17.4. The first-order valence-electron chi connectivity index (χ1n) is 7.48. The number of halogens is 2. The number of hydrogen-bond donors (Lipinski definition) is 3. The molecule has 5 nitrogen and oxygen atoms in total. The number of rotatable bonds is 7. The van der Waals surface area contributed by atoms with Crippen molar-refractivity contribution in [2.75, 3.05) is 18.5 Å². The summed E-state index contributed by atoms with van der Waals surface area (Å²) >= 11 is 5.83. The number of carbonyl (C=O) groups is 2. The number of aliphatic hydroxyl groups excluding tert-OH is 1. The average Bonchev–Trinajstić information content (AvgIpc) is 2.47. The number of carbonyl (C=O) groups excluding carboxylic acids is 2. The fourth-order valence-corrected chi connectivity index (χ4v) is 2.41. The summed E-state index contributed by atoms with van der Waals surface area (Å²) < 4.78 is 13.1. The summed E-state index contributed by atoms with van der Waals surface area (Å²) in [5.41, 5.74) is 0.0425. The molecule has 0 spiro atoms. The van der Waals surface area contributed by atoms with E-state index in [9.17, 15) is 14.0 Å². The first kappa shape index (κ1) is 19.4. The minimum absolute atomic E-state index is 0.0261. The lowest BCUT2D eigenvalue weighted by molar-refractivity contribution is -0.136. The summed E-state index contributed by atoms with van der Waals surface area (Å²) in [7, 11) is 0. The Kier molecular flexibility index (Phi) is 7.98. The monoisotopic (exact) mass is 344 g/mol. The second-order valence-electron chi connectivity index (χ2n) is 5.80. The molecule has 0 heterocycles. The van der Waals surface area contributed by atoms with Gasteiger partial charge in [0, 0.05) is 13.2 Å². The maximum atomic E-state index is 13.1. The van der Waals surface area contributed by atoms with Crippen LogP contribution in [0.15, 0.2) is 18.2 Å². The molecule has 0 aliphatic carbocycles. The van der Waals surface area contributed by atoms with Crippen LogP contribution in [0.4, 0.5) is 10.1 Å². The van der Waals surface area contributed by atoms with E-state index in [0.29, 0.717) is 18.9 Å². The van der Waals surface area contributed by atoms with Crippen molar-refractivity contribution < 1.29 is 19.1 Å². The molecule has 1 aromatic rings. The van der Waals surface area contributed by atoms with E-state index in [-0.39, 0.29) is 23.2 Å². The Morgan fingerprint density at radius 3 is 2.61 bits per heavy atom. The zero-order valence-electron chi connectivity index (χ0n) is 13.2. The summed E-state index contributed by atoms with van der Waals surface area (Å²) in [6, 6.07) is 3.49. The molecular formula is C16H22ClFN2O3. The van der Waals surface area contributed by atoms with Crippen LogP contribution >= 0.6 is 11.6 Å².